The van der Waals surface area contributed by atoms with E-state index in [1.165, 1.54) is 24.0 Å². The topological polar surface area (TPSA) is 72.8 Å². The maximum absolute atomic E-state index is 13.0. The summed E-state index contributed by atoms with van der Waals surface area (Å²) in [4.78, 5) is 25.8. The zero-order valence-corrected chi connectivity index (χ0v) is 26.7. The van der Waals surface area contributed by atoms with Crippen LogP contribution < -0.4 is 9.47 Å². The fourth-order valence-corrected chi connectivity index (χ4v) is 8.97. The van der Waals surface area contributed by atoms with Gasteiger partial charge in [0, 0.05) is 17.0 Å². The van der Waals surface area contributed by atoms with E-state index in [0.717, 1.165) is 44.1 Å². The Labute approximate surface area is 271 Å². The Balaban J connectivity index is 1.29. The lowest BCUT2D eigenvalue weighted by atomic mass is 9.43. The SMILES string of the molecule is CC1CCC2(CC1)c1ccc(OC(=O)c3ccccc3)cc1C[C@]1(c3ccc(OC(=O)c4ccccc4)cc3O)CC[C@@H](C)C[C@H]21. The van der Waals surface area contributed by atoms with Crippen LogP contribution in [0.25, 0.3) is 0 Å². The molecule has 3 aliphatic rings. The van der Waals surface area contributed by atoms with Crippen LogP contribution in [-0.4, -0.2) is 17.0 Å². The molecule has 5 nitrogen and oxygen atoms in total. The molecule has 7 rings (SSSR count). The first-order chi connectivity index (χ1) is 22.3. The molecule has 5 heteroatoms. The maximum Gasteiger partial charge on any atom is 0.343 e. The number of phenols is 1. The van der Waals surface area contributed by atoms with E-state index in [1.54, 1.807) is 42.5 Å². The molecule has 0 heterocycles. The molecular weight excluding hydrogens is 572 g/mol. The second-order valence-corrected chi connectivity index (χ2v) is 14.1. The lowest BCUT2D eigenvalue weighted by Crippen LogP contribution is -2.57. The summed E-state index contributed by atoms with van der Waals surface area (Å²) >= 11 is 0. The van der Waals surface area contributed by atoms with Crippen LogP contribution >= 0.6 is 0 Å². The van der Waals surface area contributed by atoms with Crippen molar-refractivity contribution in [3.05, 3.63) is 125 Å². The van der Waals surface area contributed by atoms with Gasteiger partial charge >= 0.3 is 11.9 Å². The normalized spacial score (nSPS) is 26.9. The Kier molecular flexibility index (Phi) is 7.96. The van der Waals surface area contributed by atoms with Crippen molar-refractivity contribution in [3.63, 3.8) is 0 Å². The number of carbonyl (C=O) groups excluding carboxylic acids is 2. The van der Waals surface area contributed by atoms with E-state index in [2.05, 4.69) is 26.0 Å². The van der Waals surface area contributed by atoms with Gasteiger partial charge in [-0.1, -0.05) is 62.4 Å². The summed E-state index contributed by atoms with van der Waals surface area (Å²) in [5, 5.41) is 11.7. The minimum absolute atomic E-state index is 0.0262. The molecule has 1 N–H and O–H groups in total. The molecule has 236 valence electrons. The van der Waals surface area contributed by atoms with Crippen LogP contribution in [0.5, 0.6) is 17.2 Å². The zero-order chi connectivity index (χ0) is 31.9. The second kappa shape index (κ2) is 12.1. The molecule has 0 radical (unpaired) electrons. The molecule has 4 aromatic carbocycles. The van der Waals surface area contributed by atoms with Gasteiger partial charge in [-0.3, -0.25) is 0 Å². The van der Waals surface area contributed by atoms with Crippen LogP contribution in [0.1, 0.15) is 96.2 Å². The summed E-state index contributed by atoms with van der Waals surface area (Å²) in [7, 11) is 0. The molecule has 4 aromatic rings. The number of hydrogen-bond donors (Lipinski definition) is 1. The number of benzene rings is 4. The van der Waals surface area contributed by atoms with E-state index in [1.807, 2.05) is 42.5 Å². The molecule has 3 aliphatic carbocycles. The van der Waals surface area contributed by atoms with E-state index in [9.17, 15) is 14.7 Å². The molecule has 1 spiro atoms. The highest BCUT2D eigenvalue weighted by Gasteiger charge is 2.59. The van der Waals surface area contributed by atoms with E-state index >= 15 is 0 Å². The number of carbonyl (C=O) groups is 2. The van der Waals surface area contributed by atoms with Gasteiger partial charge in [0.25, 0.3) is 0 Å². The summed E-state index contributed by atoms with van der Waals surface area (Å²) in [6.45, 7) is 4.73. The number of phenolic OH excluding ortho intramolecular Hbond substituents is 1. The van der Waals surface area contributed by atoms with E-state index in [4.69, 9.17) is 9.47 Å². The van der Waals surface area contributed by atoms with Crippen LogP contribution in [0.2, 0.25) is 0 Å². The predicted octanol–water partition coefficient (Wildman–Crippen LogP) is 9.21. The van der Waals surface area contributed by atoms with Crippen molar-refractivity contribution in [1.29, 1.82) is 0 Å². The Morgan fingerprint density at radius 3 is 1.76 bits per heavy atom. The Morgan fingerprint density at radius 2 is 1.17 bits per heavy atom. The zero-order valence-electron chi connectivity index (χ0n) is 26.7. The fourth-order valence-electron chi connectivity index (χ4n) is 8.97. The van der Waals surface area contributed by atoms with Gasteiger partial charge in [0.15, 0.2) is 0 Å². The average molecular weight is 615 g/mol. The van der Waals surface area contributed by atoms with Crippen molar-refractivity contribution >= 4 is 11.9 Å². The number of aromatic hydroxyl groups is 1. The van der Waals surface area contributed by atoms with Crippen molar-refractivity contribution < 1.29 is 24.2 Å². The van der Waals surface area contributed by atoms with Crippen LogP contribution in [0.4, 0.5) is 0 Å². The van der Waals surface area contributed by atoms with Gasteiger partial charge in [0.05, 0.1) is 11.1 Å². The molecule has 2 saturated carbocycles. The third-order valence-electron chi connectivity index (χ3n) is 11.3. The molecule has 0 saturated heterocycles. The standard InChI is InChI=1S/C41H42O5/c1-27-17-20-40(21-18-27)34-15-13-32(45-38(43)29-9-5-3-6-10-29)24-31(34)26-41(22-19-28(2)23-37(40)41)35-16-14-33(25-36(35)42)46-39(44)30-11-7-4-8-12-30/h3-16,24-25,27-28,37,42H,17-23,26H2,1-2H3/t27?,28-,37-,40?,41+/m1/s1. The van der Waals surface area contributed by atoms with Crippen LogP contribution in [0, 0.1) is 17.8 Å². The fraction of sp³-hybridized carbons (Fsp3) is 0.366. The molecule has 0 aliphatic heterocycles. The summed E-state index contributed by atoms with van der Waals surface area (Å²) in [5.41, 5.74) is 4.19. The van der Waals surface area contributed by atoms with E-state index in [0.29, 0.717) is 40.4 Å². The first-order valence-corrected chi connectivity index (χ1v) is 16.8. The molecule has 3 atom stereocenters. The number of hydrogen-bond acceptors (Lipinski definition) is 5. The smallest absolute Gasteiger partial charge is 0.343 e. The molecule has 0 bridgehead atoms. The third kappa shape index (κ3) is 5.40. The van der Waals surface area contributed by atoms with Crippen molar-refractivity contribution in [2.24, 2.45) is 17.8 Å². The molecule has 0 amide bonds. The molecule has 0 unspecified atom stereocenters. The van der Waals surface area contributed by atoms with Crippen molar-refractivity contribution in [1.82, 2.24) is 0 Å². The molecule has 46 heavy (non-hydrogen) atoms. The lowest BCUT2D eigenvalue weighted by molar-refractivity contribution is 0.0203. The van der Waals surface area contributed by atoms with Crippen molar-refractivity contribution in [2.45, 2.75) is 76.0 Å². The Hall–Kier alpha value is -4.38. The highest BCUT2D eigenvalue weighted by molar-refractivity contribution is 5.91. The number of rotatable bonds is 5. The number of esters is 2. The third-order valence-corrected chi connectivity index (χ3v) is 11.3. The van der Waals surface area contributed by atoms with Crippen LogP contribution in [0.15, 0.2) is 97.1 Å². The van der Waals surface area contributed by atoms with E-state index in [-0.39, 0.29) is 22.5 Å². The Morgan fingerprint density at radius 1 is 0.652 bits per heavy atom. The first-order valence-electron chi connectivity index (χ1n) is 16.8. The van der Waals surface area contributed by atoms with Gasteiger partial charge < -0.3 is 14.6 Å². The molecule has 2 fully saturated rings. The summed E-state index contributed by atoms with van der Waals surface area (Å²) in [6, 6.07) is 29.7. The average Bonchev–Trinajstić information content (AvgIpc) is 3.07. The van der Waals surface area contributed by atoms with Crippen molar-refractivity contribution in [2.75, 3.05) is 0 Å². The van der Waals surface area contributed by atoms with Gasteiger partial charge in [-0.25, -0.2) is 9.59 Å². The number of fused-ring (bicyclic) bond motifs is 4. The summed E-state index contributed by atoms with van der Waals surface area (Å²) in [6.07, 6.45) is 8.45. The van der Waals surface area contributed by atoms with E-state index < -0.39 is 5.97 Å². The highest BCUT2D eigenvalue weighted by atomic mass is 16.5. The second-order valence-electron chi connectivity index (χ2n) is 14.1. The summed E-state index contributed by atoms with van der Waals surface area (Å²) in [5.74, 6) is 1.87. The van der Waals surface area contributed by atoms with Gasteiger partial charge in [-0.2, -0.15) is 0 Å². The van der Waals surface area contributed by atoms with Crippen LogP contribution in [0.3, 0.4) is 0 Å². The largest absolute Gasteiger partial charge is 0.508 e. The first kappa shape index (κ1) is 30.3. The quantitative estimate of drug-likeness (QED) is 0.179. The van der Waals surface area contributed by atoms with Crippen LogP contribution in [-0.2, 0) is 17.3 Å². The lowest BCUT2D eigenvalue weighted by Gasteiger charge is -2.61. The minimum atomic E-state index is -0.449. The van der Waals surface area contributed by atoms with Gasteiger partial charge in [-0.15, -0.1) is 0 Å². The monoisotopic (exact) mass is 614 g/mol. The number of ether oxygens (including phenoxy) is 2. The van der Waals surface area contributed by atoms with Gasteiger partial charge in [0.1, 0.15) is 17.2 Å². The predicted molar refractivity (Wildman–Crippen MR) is 179 cm³/mol. The van der Waals surface area contributed by atoms with Gasteiger partial charge in [-0.05, 0) is 128 Å². The maximum atomic E-state index is 13.0. The summed E-state index contributed by atoms with van der Waals surface area (Å²) < 4.78 is 11.6. The van der Waals surface area contributed by atoms with Gasteiger partial charge in [0.2, 0.25) is 0 Å². The minimum Gasteiger partial charge on any atom is -0.508 e. The highest BCUT2D eigenvalue weighted by Crippen LogP contribution is 2.64. The molecule has 0 aromatic heterocycles. The molecular formula is C41H42O5. The van der Waals surface area contributed by atoms with Crippen molar-refractivity contribution in [3.8, 4) is 17.2 Å². The Bertz CT molecular complexity index is 1740.